The van der Waals surface area contributed by atoms with E-state index in [1.807, 2.05) is 4.90 Å². The number of nitrogens with zero attached hydrogens (tertiary/aromatic N) is 5. The van der Waals surface area contributed by atoms with E-state index in [4.69, 9.17) is 4.42 Å². The van der Waals surface area contributed by atoms with Crippen LogP contribution in [0.1, 0.15) is 40.7 Å². The smallest absolute Gasteiger partial charge is 0.270 e. The van der Waals surface area contributed by atoms with Crippen LogP contribution in [0.25, 0.3) is 0 Å². The molecule has 1 aromatic carbocycles. The Bertz CT molecular complexity index is 935. The van der Waals surface area contributed by atoms with Crippen LogP contribution in [0.4, 0.5) is 11.6 Å². The van der Waals surface area contributed by atoms with Crippen LogP contribution in [0.15, 0.2) is 28.7 Å². The Morgan fingerprint density at radius 1 is 1.30 bits per heavy atom. The molecule has 9 nitrogen and oxygen atoms in total. The van der Waals surface area contributed by atoms with Crippen LogP contribution in [0, 0.1) is 21.4 Å². The second kappa shape index (κ2) is 6.72. The Labute approximate surface area is 155 Å². The number of carbonyl (C=O) groups is 1. The van der Waals surface area contributed by atoms with Gasteiger partial charge >= 0.3 is 0 Å². The standard InChI is InChI=1S/C18H17N5O4/c19-11-15-18(27-16(20-15)12-4-5-12)22-8-6-21(7-9-22)17(24)13-2-1-3-14(10-13)23(25)26/h1-3,10,12H,4-9H2. The van der Waals surface area contributed by atoms with Crippen LogP contribution in [0.5, 0.6) is 0 Å². The summed E-state index contributed by atoms with van der Waals surface area (Å²) in [5, 5.41) is 20.2. The number of hydrogen-bond acceptors (Lipinski definition) is 7. The molecule has 2 aliphatic rings. The SMILES string of the molecule is N#Cc1nc(C2CC2)oc1N1CCN(C(=O)c2cccc([N+](=O)[O-])c2)CC1. The molecule has 0 unspecified atom stereocenters. The first-order chi connectivity index (χ1) is 13.1. The van der Waals surface area contributed by atoms with Crippen molar-refractivity contribution in [3.8, 4) is 6.07 Å². The molecule has 1 aliphatic carbocycles. The topological polar surface area (TPSA) is 117 Å². The number of anilines is 1. The highest BCUT2D eigenvalue weighted by Gasteiger charge is 2.33. The molecule has 0 bridgehead atoms. The molecule has 0 atom stereocenters. The van der Waals surface area contributed by atoms with E-state index in [1.165, 1.54) is 18.2 Å². The molecule has 2 heterocycles. The third-order valence-electron chi connectivity index (χ3n) is 4.82. The lowest BCUT2D eigenvalue weighted by Crippen LogP contribution is -2.48. The van der Waals surface area contributed by atoms with Crippen molar-refractivity contribution in [2.24, 2.45) is 0 Å². The number of nitro groups is 1. The van der Waals surface area contributed by atoms with E-state index in [2.05, 4.69) is 11.1 Å². The molecule has 1 saturated carbocycles. The van der Waals surface area contributed by atoms with Crippen LogP contribution < -0.4 is 4.90 Å². The second-order valence-electron chi connectivity index (χ2n) is 6.68. The van der Waals surface area contributed by atoms with E-state index < -0.39 is 4.92 Å². The van der Waals surface area contributed by atoms with Gasteiger partial charge in [0.1, 0.15) is 6.07 Å². The molecule has 1 amide bonds. The maximum absolute atomic E-state index is 12.6. The Balaban J connectivity index is 1.45. The fourth-order valence-corrected chi connectivity index (χ4v) is 3.17. The molecule has 0 radical (unpaired) electrons. The number of piperazine rings is 1. The predicted molar refractivity (Wildman–Crippen MR) is 94.4 cm³/mol. The van der Waals surface area contributed by atoms with E-state index >= 15 is 0 Å². The van der Waals surface area contributed by atoms with Gasteiger partial charge in [-0.1, -0.05) is 6.07 Å². The first kappa shape index (κ1) is 17.0. The van der Waals surface area contributed by atoms with E-state index in [1.54, 1.807) is 11.0 Å². The maximum atomic E-state index is 12.6. The van der Waals surface area contributed by atoms with Crippen LogP contribution in [-0.2, 0) is 0 Å². The quantitative estimate of drug-likeness (QED) is 0.601. The molecule has 138 valence electrons. The minimum atomic E-state index is -0.514. The average Bonchev–Trinajstić information content (AvgIpc) is 3.46. The lowest BCUT2D eigenvalue weighted by Gasteiger charge is -2.34. The highest BCUT2D eigenvalue weighted by atomic mass is 16.6. The number of nitriles is 1. The van der Waals surface area contributed by atoms with E-state index in [-0.39, 0.29) is 17.3 Å². The molecule has 27 heavy (non-hydrogen) atoms. The van der Waals surface area contributed by atoms with Gasteiger partial charge in [-0.3, -0.25) is 14.9 Å². The number of non-ortho nitro benzene ring substituents is 1. The van der Waals surface area contributed by atoms with Gasteiger partial charge in [0, 0.05) is 49.8 Å². The minimum absolute atomic E-state index is 0.104. The summed E-state index contributed by atoms with van der Waals surface area (Å²) < 4.78 is 5.81. The van der Waals surface area contributed by atoms with Crippen molar-refractivity contribution < 1.29 is 14.1 Å². The van der Waals surface area contributed by atoms with Crippen LogP contribution >= 0.6 is 0 Å². The van der Waals surface area contributed by atoms with Crippen molar-refractivity contribution in [2.75, 3.05) is 31.1 Å². The first-order valence-corrected chi connectivity index (χ1v) is 8.76. The first-order valence-electron chi connectivity index (χ1n) is 8.76. The largest absolute Gasteiger partial charge is 0.423 e. The van der Waals surface area contributed by atoms with Gasteiger partial charge in [-0.25, -0.2) is 4.98 Å². The lowest BCUT2D eigenvalue weighted by molar-refractivity contribution is -0.384. The summed E-state index contributed by atoms with van der Waals surface area (Å²) in [5.41, 5.74) is 0.480. The third kappa shape index (κ3) is 3.33. The highest BCUT2D eigenvalue weighted by Crippen LogP contribution is 2.41. The Kier molecular flexibility index (Phi) is 4.24. The fourth-order valence-electron chi connectivity index (χ4n) is 3.17. The van der Waals surface area contributed by atoms with Crippen molar-refractivity contribution in [1.29, 1.82) is 5.26 Å². The molecule has 2 aromatic rings. The van der Waals surface area contributed by atoms with E-state index in [0.717, 1.165) is 12.8 Å². The molecule has 9 heteroatoms. The Hall–Kier alpha value is -3.41. The lowest BCUT2D eigenvalue weighted by atomic mass is 10.1. The normalized spacial score (nSPS) is 16.9. The van der Waals surface area contributed by atoms with Gasteiger partial charge < -0.3 is 14.2 Å². The summed E-state index contributed by atoms with van der Waals surface area (Å²) in [6, 6.07) is 7.82. The number of benzene rings is 1. The van der Waals surface area contributed by atoms with Crippen LogP contribution in [0.2, 0.25) is 0 Å². The number of rotatable bonds is 4. The van der Waals surface area contributed by atoms with Crippen molar-refractivity contribution in [3.63, 3.8) is 0 Å². The number of hydrogen-bond donors (Lipinski definition) is 0. The molecule has 0 spiro atoms. The zero-order valence-corrected chi connectivity index (χ0v) is 14.5. The fraction of sp³-hybridized carbons (Fsp3) is 0.389. The van der Waals surface area contributed by atoms with Crippen LogP contribution in [0.3, 0.4) is 0 Å². The summed E-state index contributed by atoms with van der Waals surface area (Å²) in [4.78, 5) is 30.9. The number of aromatic nitrogens is 1. The molecular weight excluding hydrogens is 350 g/mol. The zero-order chi connectivity index (χ0) is 19.0. The van der Waals surface area contributed by atoms with Crippen molar-refractivity contribution in [2.45, 2.75) is 18.8 Å². The summed E-state index contributed by atoms with van der Waals surface area (Å²) in [6.45, 7) is 1.89. The Morgan fingerprint density at radius 2 is 2.04 bits per heavy atom. The minimum Gasteiger partial charge on any atom is -0.423 e. The number of oxazole rings is 1. The van der Waals surface area contributed by atoms with Crippen LogP contribution in [-0.4, -0.2) is 46.9 Å². The number of carbonyl (C=O) groups excluding carboxylic acids is 1. The molecular formula is C18H17N5O4. The average molecular weight is 367 g/mol. The van der Waals surface area contributed by atoms with Gasteiger partial charge in [-0.2, -0.15) is 5.26 Å². The molecule has 0 N–H and O–H groups in total. The van der Waals surface area contributed by atoms with Gasteiger partial charge in [0.2, 0.25) is 17.5 Å². The third-order valence-corrected chi connectivity index (χ3v) is 4.82. The molecule has 2 fully saturated rings. The van der Waals surface area contributed by atoms with E-state index in [9.17, 15) is 20.2 Å². The Morgan fingerprint density at radius 3 is 2.67 bits per heavy atom. The van der Waals surface area contributed by atoms with Crippen molar-refractivity contribution >= 4 is 17.5 Å². The summed E-state index contributed by atoms with van der Waals surface area (Å²) >= 11 is 0. The monoisotopic (exact) mass is 367 g/mol. The predicted octanol–water partition coefficient (Wildman–Crippen LogP) is 2.29. The molecule has 1 saturated heterocycles. The highest BCUT2D eigenvalue weighted by molar-refractivity contribution is 5.95. The molecule has 1 aromatic heterocycles. The molecule has 4 rings (SSSR count). The summed E-state index contributed by atoms with van der Waals surface area (Å²) in [6.07, 6.45) is 2.08. The van der Waals surface area contributed by atoms with Crippen molar-refractivity contribution in [3.05, 3.63) is 51.5 Å². The van der Waals surface area contributed by atoms with Gasteiger partial charge in [0.15, 0.2) is 0 Å². The zero-order valence-electron chi connectivity index (χ0n) is 14.5. The summed E-state index contributed by atoms with van der Waals surface area (Å²) in [5.74, 6) is 1.18. The van der Waals surface area contributed by atoms with Gasteiger partial charge in [-0.15, -0.1) is 0 Å². The van der Waals surface area contributed by atoms with Gasteiger partial charge in [0.05, 0.1) is 4.92 Å². The summed E-state index contributed by atoms with van der Waals surface area (Å²) in [7, 11) is 0. The van der Waals surface area contributed by atoms with Gasteiger partial charge in [0.25, 0.3) is 11.6 Å². The van der Waals surface area contributed by atoms with E-state index in [0.29, 0.717) is 49.4 Å². The maximum Gasteiger partial charge on any atom is 0.270 e. The van der Waals surface area contributed by atoms with Crippen molar-refractivity contribution in [1.82, 2.24) is 9.88 Å². The second-order valence-corrected chi connectivity index (χ2v) is 6.68. The number of nitro benzene ring substituents is 1. The number of amides is 1. The molecule has 1 aliphatic heterocycles. The van der Waals surface area contributed by atoms with Gasteiger partial charge in [-0.05, 0) is 18.9 Å².